The Balaban J connectivity index is 1.41. The number of aromatic amines is 1. The molecule has 1 saturated heterocycles. The molecule has 2 N–H and O–H groups in total. The molecule has 2 aromatic heterocycles. The van der Waals surface area contributed by atoms with E-state index in [0.717, 1.165) is 30.6 Å². The number of carbonyl (C=O) groups is 1. The van der Waals surface area contributed by atoms with Gasteiger partial charge >= 0.3 is 0 Å². The van der Waals surface area contributed by atoms with Gasteiger partial charge in [-0.1, -0.05) is 30.3 Å². The quantitative estimate of drug-likeness (QED) is 0.755. The van der Waals surface area contributed by atoms with E-state index in [1.165, 1.54) is 0 Å². The zero-order valence-electron chi connectivity index (χ0n) is 14.3. The normalized spacial score (nSPS) is 17.1. The van der Waals surface area contributed by atoms with Gasteiger partial charge in [0.25, 0.3) is 5.91 Å². The van der Waals surface area contributed by atoms with Crippen molar-refractivity contribution in [3.63, 3.8) is 0 Å². The van der Waals surface area contributed by atoms with Gasteiger partial charge < -0.3 is 10.2 Å². The first-order valence-electron chi connectivity index (χ1n) is 8.73. The molecule has 3 heterocycles. The van der Waals surface area contributed by atoms with Crippen molar-refractivity contribution >= 4 is 11.9 Å². The van der Waals surface area contributed by atoms with Crippen LogP contribution < -0.4 is 10.2 Å². The summed E-state index contributed by atoms with van der Waals surface area (Å²) in [6.07, 6.45) is 5.40. The average Bonchev–Trinajstić information content (AvgIpc) is 3.20. The van der Waals surface area contributed by atoms with Gasteiger partial charge in [-0.3, -0.25) is 9.89 Å². The van der Waals surface area contributed by atoms with E-state index in [1.807, 2.05) is 30.3 Å². The molecule has 1 aromatic carbocycles. The molecule has 1 fully saturated rings. The standard InChI is InChI=1S/C19H20N6O/c26-18(17-12-16(23-24-17)14-6-2-1-3-7-14)22-15-8-4-11-25(13-15)19-20-9-5-10-21-19/h1-3,5-7,9-10,12,15H,4,8,11,13H2,(H,22,26)(H,23,24)/t15-/m0/s1. The molecule has 0 bridgehead atoms. The van der Waals surface area contributed by atoms with Gasteiger partial charge in [0.15, 0.2) is 0 Å². The number of benzene rings is 1. The third kappa shape index (κ3) is 3.56. The molecule has 0 saturated carbocycles. The minimum absolute atomic E-state index is 0.0588. The Labute approximate surface area is 151 Å². The Morgan fingerprint density at radius 3 is 2.77 bits per heavy atom. The van der Waals surface area contributed by atoms with Crippen LogP contribution in [-0.2, 0) is 0 Å². The summed E-state index contributed by atoms with van der Waals surface area (Å²) in [6, 6.07) is 13.4. The van der Waals surface area contributed by atoms with Crippen molar-refractivity contribution in [1.29, 1.82) is 0 Å². The van der Waals surface area contributed by atoms with Crippen molar-refractivity contribution in [2.75, 3.05) is 18.0 Å². The minimum Gasteiger partial charge on any atom is -0.346 e. The Morgan fingerprint density at radius 1 is 1.15 bits per heavy atom. The molecule has 0 spiro atoms. The number of hydrogen-bond donors (Lipinski definition) is 2. The summed E-state index contributed by atoms with van der Waals surface area (Å²) in [7, 11) is 0. The van der Waals surface area contributed by atoms with Crippen LogP contribution in [-0.4, -0.2) is 45.2 Å². The van der Waals surface area contributed by atoms with E-state index in [-0.39, 0.29) is 11.9 Å². The SMILES string of the molecule is O=C(N[C@H]1CCCN(c2ncccn2)C1)c1cc(-c2ccccc2)n[nH]1. The van der Waals surface area contributed by atoms with Crippen LogP contribution in [0, 0.1) is 0 Å². The van der Waals surface area contributed by atoms with Crippen LogP contribution in [0.1, 0.15) is 23.3 Å². The highest BCUT2D eigenvalue weighted by atomic mass is 16.2. The molecule has 0 aliphatic carbocycles. The number of nitrogens with one attached hydrogen (secondary N) is 2. The molecule has 1 aliphatic rings. The predicted molar refractivity (Wildman–Crippen MR) is 98.8 cm³/mol. The lowest BCUT2D eigenvalue weighted by atomic mass is 10.1. The summed E-state index contributed by atoms with van der Waals surface area (Å²) in [5.41, 5.74) is 2.21. The summed E-state index contributed by atoms with van der Waals surface area (Å²) in [4.78, 5) is 23.3. The molecule has 0 radical (unpaired) electrons. The number of anilines is 1. The molecular formula is C19H20N6O. The monoisotopic (exact) mass is 348 g/mol. The number of H-pyrrole nitrogens is 1. The maximum absolute atomic E-state index is 12.6. The van der Waals surface area contributed by atoms with E-state index in [4.69, 9.17) is 0 Å². The lowest BCUT2D eigenvalue weighted by molar-refractivity contribution is 0.0928. The van der Waals surface area contributed by atoms with Crippen LogP contribution in [0.2, 0.25) is 0 Å². The van der Waals surface area contributed by atoms with Crippen molar-refractivity contribution in [2.45, 2.75) is 18.9 Å². The zero-order chi connectivity index (χ0) is 17.8. The maximum Gasteiger partial charge on any atom is 0.269 e. The second-order valence-corrected chi connectivity index (χ2v) is 6.34. The molecular weight excluding hydrogens is 328 g/mol. The van der Waals surface area contributed by atoms with Crippen LogP contribution in [0.4, 0.5) is 5.95 Å². The van der Waals surface area contributed by atoms with Gasteiger partial charge in [-0.2, -0.15) is 5.10 Å². The second kappa shape index (κ2) is 7.35. The van der Waals surface area contributed by atoms with Gasteiger partial charge in [0.1, 0.15) is 5.69 Å². The van der Waals surface area contributed by atoms with Crippen LogP contribution in [0.3, 0.4) is 0 Å². The van der Waals surface area contributed by atoms with Gasteiger partial charge in [0.05, 0.1) is 5.69 Å². The highest BCUT2D eigenvalue weighted by Gasteiger charge is 2.24. The minimum atomic E-state index is -0.138. The Morgan fingerprint density at radius 2 is 1.96 bits per heavy atom. The third-order valence-electron chi connectivity index (χ3n) is 4.48. The Kier molecular flexibility index (Phi) is 4.59. The van der Waals surface area contributed by atoms with Crippen LogP contribution in [0.25, 0.3) is 11.3 Å². The average molecular weight is 348 g/mol. The number of hydrogen-bond acceptors (Lipinski definition) is 5. The van der Waals surface area contributed by atoms with E-state index < -0.39 is 0 Å². The van der Waals surface area contributed by atoms with Gasteiger partial charge in [0, 0.05) is 37.1 Å². The second-order valence-electron chi connectivity index (χ2n) is 6.34. The molecule has 7 nitrogen and oxygen atoms in total. The van der Waals surface area contributed by atoms with Crippen molar-refractivity contribution in [3.8, 4) is 11.3 Å². The first kappa shape index (κ1) is 16.3. The summed E-state index contributed by atoms with van der Waals surface area (Å²) < 4.78 is 0. The molecule has 3 aromatic rings. The number of amides is 1. The number of carbonyl (C=O) groups excluding carboxylic acids is 1. The summed E-state index contributed by atoms with van der Waals surface area (Å²) in [6.45, 7) is 1.61. The molecule has 132 valence electrons. The van der Waals surface area contributed by atoms with Crippen molar-refractivity contribution < 1.29 is 4.79 Å². The summed E-state index contributed by atoms with van der Waals surface area (Å²) in [5.74, 6) is 0.569. The van der Waals surface area contributed by atoms with E-state index in [2.05, 4.69) is 30.4 Å². The molecule has 1 atom stereocenters. The van der Waals surface area contributed by atoms with E-state index >= 15 is 0 Å². The van der Waals surface area contributed by atoms with Crippen LogP contribution in [0.5, 0.6) is 0 Å². The molecule has 7 heteroatoms. The topological polar surface area (TPSA) is 86.8 Å². The van der Waals surface area contributed by atoms with Crippen molar-refractivity contribution in [2.24, 2.45) is 0 Å². The van der Waals surface area contributed by atoms with Crippen molar-refractivity contribution in [3.05, 3.63) is 60.6 Å². The van der Waals surface area contributed by atoms with Gasteiger partial charge in [-0.25, -0.2) is 9.97 Å². The predicted octanol–water partition coefficient (Wildman–Crippen LogP) is 2.27. The lowest BCUT2D eigenvalue weighted by Crippen LogP contribution is -2.48. The Bertz CT molecular complexity index is 864. The fraction of sp³-hybridized carbons (Fsp3) is 0.263. The molecule has 1 aliphatic heterocycles. The number of rotatable bonds is 4. The molecule has 1 amide bonds. The van der Waals surface area contributed by atoms with Crippen LogP contribution >= 0.6 is 0 Å². The first-order chi connectivity index (χ1) is 12.8. The third-order valence-corrected chi connectivity index (χ3v) is 4.48. The highest BCUT2D eigenvalue weighted by Crippen LogP contribution is 2.18. The fourth-order valence-corrected chi connectivity index (χ4v) is 3.19. The molecule has 0 unspecified atom stereocenters. The fourth-order valence-electron chi connectivity index (χ4n) is 3.19. The smallest absolute Gasteiger partial charge is 0.269 e. The van der Waals surface area contributed by atoms with Crippen molar-refractivity contribution in [1.82, 2.24) is 25.5 Å². The van der Waals surface area contributed by atoms with E-state index in [0.29, 0.717) is 18.2 Å². The van der Waals surface area contributed by atoms with E-state index in [9.17, 15) is 4.79 Å². The molecule has 4 rings (SSSR count). The summed E-state index contributed by atoms with van der Waals surface area (Å²) in [5, 5.41) is 10.2. The van der Waals surface area contributed by atoms with E-state index in [1.54, 1.807) is 24.5 Å². The lowest BCUT2D eigenvalue weighted by Gasteiger charge is -2.32. The first-order valence-corrected chi connectivity index (χ1v) is 8.73. The largest absolute Gasteiger partial charge is 0.346 e. The van der Waals surface area contributed by atoms with Crippen LogP contribution in [0.15, 0.2) is 54.9 Å². The van der Waals surface area contributed by atoms with Gasteiger partial charge in [-0.15, -0.1) is 0 Å². The number of nitrogens with zero attached hydrogens (tertiary/aromatic N) is 4. The number of piperidine rings is 1. The Hall–Kier alpha value is -3.22. The highest BCUT2D eigenvalue weighted by molar-refractivity contribution is 5.93. The zero-order valence-corrected chi connectivity index (χ0v) is 14.3. The molecule has 26 heavy (non-hydrogen) atoms. The maximum atomic E-state index is 12.6. The van der Waals surface area contributed by atoms with Gasteiger partial charge in [0.2, 0.25) is 5.95 Å². The summed E-state index contributed by atoms with van der Waals surface area (Å²) >= 11 is 0. The van der Waals surface area contributed by atoms with Gasteiger partial charge in [-0.05, 0) is 25.0 Å². The number of aromatic nitrogens is 4.